The van der Waals surface area contributed by atoms with Gasteiger partial charge in [0.25, 0.3) is 0 Å². The van der Waals surface area contributed by atoms with Crippen LogP contribution >= 0.6 is 11.3 Å². The Bertz CT molecular complexity index is 595. The van der Waals surface area contributed by atoms with Gasteiger partial charge in [-0.05, 0) is 18.5 Å². The fourth-order valence-corrected chi connectivity index (χ4v) is 2.46. The zero-order valence-electron chi connectivity index (χ0n) is 11.3. The van der Waals surface area contributed by atoms with Crippen LogP contribution < -0.4 is 5.73 Å². The first kappa shape index (κ1) is 13.7. The van der Waals surface area contributed by atoms with Gasteiger partial charge in [0.05, 0.1) is 18.5 Å². The second-order valence-electron chi connectivity index (χ2n) is 4.62. The first-order chi connectivity index (χ1) is 8.97. The highest BCUT2D eigenvalue weighted by Gasteiger charge is 2.12. The van der Waals surface area contributed by atoms with Gasteiger partial charge in [-0.2, -0.15) is 0 Å². The van der Waals surface area contributed by atoms with Crippen molar-refractivity contribution in [3.8, 4) is 0 Å². The van der Waals surface area contributed by atoms with E-state index < -0.39 is 0 Å². The van der Waals surface area contributed by atoms with Gasteiger partial charge in [0.15, 0.2) is 0 Å². The molecular formula is C12H17N5OS. The molecule has 0 saturated heterocycles. The Labute approximate surface area is 115 Å². The number of hydrogen-bond acceptors (Lipinski definition) is 6. The molecule has 0 unspecified atom stereocenters. The molecule has 0 atom stereocenters. The van der Waals surface area contributed by atoms with Crippen molar-refractivity contribution in [2.75, 3.05) is 33.4 Å². The highest BCUT2D eigenvalue weighted by molar-refractivity contribution is 7.16. The fourth-order valence-electron chi connectivity index (χ4n) is 1.66. The van der Waals surface area contributed by atoms with E-state index in [1.165, 1.54) is 11.3 Å². The number of likely N-dealkylation sites (N-methyl/N-ethyl adjacent to an activating group) is 2. The molecule has 6 nitrogen and oxygen atoms in total. The summed E-state index contributed by atoms with van der Waals surface area (Å²) < 4.78 is 0. The van der Waals surface area contributed by atoms with Gasteiger partial charge in [0, 0.05) is 14.1 Å². The number of amides is 1. The van der Waals surface area contributed by atoms with Gasteiger partial charge in [-0.3, -0.25) is 9.69 Å². The van der Waals surface area contributed by atoms with Gasteiger partial charge in [-0.25, -0.2) is 9.97 Å². The number of fused-ring (bicyclic) bond motifs is 1. The summed E-state index contributed by atoms with van der Waals surface area (Å²) in [6.45, 7) is 0.830. The summed E-state index contributed by atoms with van der Waals surface area (Å²) in [6, 6.07) is 1.92. The van der Waals surface area contributed by atoms with Crippen LogP contribution in [0.1, 0.15) is 5.82 Å². The third kappa shape index (κ3) is 3.18. The first-order valence-corrected chi connectivity index (χ1v) is 6.73. The van der Waals surface area contributed by atoms with E-state index in [0.29, 0.717) is 24.7 Å². The largest absolute Gasteiger partial charge is 0.383 e. The monoisotopic (exact) mass is 279 g/mol. The van der Waals surface area contributed by atoms with Crippen molar-refractivity contribution < 1.29 is 4.79 Å². The van der Waals surface area contributed by atoms with Crippen LogP contribution in [-0.2, 0) is 11.3 Å². The van der Waals surface area contributed by atoms with Gasteiger partial charge >= 0.3 is 0 Å². The van der Waals surface area contributed by atoms with E-state index in [1.807, 2.05) is 23.4 Å². The molecule has 0 aliphatic heterocycles. The first-order valence-electron chi connectivity index (χ1n) is 5.85. The molecule has 19 heavy (non-hydrogen) atoms. The Morgan fingerprint density at radius 2 is 2.11 bits per heavy atom. The summed E-state index contributed by atoms with van der Waals surface area (Å²) in [4.78, 5) is 24.6. The molecule has 0 radical (unpaired) electrons. The molecule has 2 N–H and O–H groups in total. The van der Waals surface area contributed by atoms with Crippen molar-refractivity contribution in [1.29, 1.82) is 0 Å². The minimum atomic E-state index is 0.0488. The molecule has 2 aromatic heterocycles. The number of nitrogen functional groups attached to an aromatic ring is 1. The van der Waals surface area contributed by atoms with Crippen LogP contribution in [0.3, 0.4) is 0 Å². The lowest BCUT2D eigenvalue weighted by Crippen LogP contribution is -2.34. The molecule has 0 fully saturated rings. The van der Waals surface area contributed by atoms with Gasteiger partial charge in [-0.1, -0.05) is 0 Å². The summed E-state index contributed by atoms with van der Waals surface area (Å²) in [5.74, 6) is 1.18. The normalized spacial score (nSPS) is 11.2. The molecule has 0 aliphatic carbocycles. The van der Waals surface area contributed by atoms with E-state index in [1.54, 1.807) is 19.0 Å². The number of rotatable bonds is 4. The summed E-state index contributed by atoms with van der Waals surface area (Å²) in [6.07, 6.45) is 0. The zero-order valence-corrected chi connectivity index (χ0v) is 12.1. The number of hydrogen-bond donors (Lipinski definition) is 1. The third-order valence-electron chi connectivity index (χ3n) is 2.72. The number of anilines is 1. The van der Waals surface area contributed by atoms with Gasteiger partial charge in [-0.15, -0.1) is 11.3 Å². The average Bonchev–Trinajstić information content (AvgIpc) is 2.77. The molecule has 0 aliphatic rings. The van der Waals surface area contributed by atoms with Gasteiger partial charge < -0.3 is 10.6 Å². The number of aromatic nitrogens is 2. The predicted octanol–water partition coefficient (Wildman–Crippen LogP) is 0.793. The Kier molecular flexibility index (Phi) is 3.96. The fraction of sp³-hybridized carbons (Fsp3) is 0.417. The molecule has 0 bridgehead atoms. The van der Waals surface area contributed by atoms with Crippen molar-refractivity contribution in [3.05, 3.63) is 17.3 Å². The third-order valence-corrected chi connectivity index (χ3v) is 3.52. The van der Waals surface area contributed by atoms with Crippen LogP contribution in [0.15, 0.2) is 11.4 Å². The standard InChI is InChI=1S/C12H17N5OS/c1-16(2)10(18)7-17(3)6-9-14-11(13)8-4-5-19-12(8)15-9/h4-5H,6-7H2,1-3H3,(H2,13,14,15). The van der Waals surface area contributed by atoms with Crippen molar-refractivity contribution in [3.63, 3.8) is 0 Å². The summed E-state index contributed by atoms with van der Waals surface area (Å²) >= 11 is 1.54. The maximum atomic E-state index is 11.6. The average molecular weight is 279 g/mol. The number of carbonyl (C=O) groups excluding carboxylic acids is 1. The second kappa shape index (κ2) is 5.50. The molecule has 2 rings (SSSR count). The van der Waals surface area contributed by atoms with Crippen LogP contribution in [0.2, 0.25) is 0 Å². The number of carbonyl (C=O) groups is 1. The molecule has 102 valence electrons. The van der Waals surface area contributed by atoms with Crippen LogP contribution in [-0.4, -0.2) is 53.4 Å². The number of thiophene rings is 1. The molecule has 2 heterocycles. The van der Waals surface area contributed by atoms with E-state index in [4.69, 9.17) is 5.73 Å². The molecule has 2 aromatic rings. The highest BCUT2D eigenvalue weighted by atomic mass is 32.1. The SMILES string of the molecule is CN(CC(=O)N(C)C)Cc1nc(N)c2ccsc2n1. The Hall–Kier alpha value is -1.73. The Morgan fingerprint density at radius 1 is 1.37 bits per heavy atom. The predicted molar refractivity (Wildman–Crippen MR) is 76.9 cm³/mol. The molecule has 0 spiro atoms. The van der Waals surface area contributed by atoms with E-state index in [-0.39, 0.29) is 5.91 Å². The molecule has 0 saturated carbocycles. The second-order valence-corrected chi connectivity index (χ2v) is 5.52. The Balaban J connectivity index is 2.10. The summed E-state index contributed by atoms with van der Waals surface area (Å²) in [5, 5.41) is 2.83. The van der Waals surface area contributed by atoms with Crippen molar-refractivity contribution in [1.82, 2.24) is 19.8 Å². The summed E-state index contributed by atoms with van der Waals surface area (Å²) in [5.41, 5.74) is 5.89. The van der Waals surface area contributed by atoms with Crippen LogP contribution in [0, 0.1) is 0 Å². The van der Waals surface area contributed by atoms with Crippen molar-refractivity contribution >= 4 is 33.3 Å². The van der Waals surface area contributed by atoms with Gasteiger partial charge in [0.1, 0.15) is 16.5 Å². The lowest BCUT2D eigenvalue weighted by atomic mass is 10.3. The zero-order chi connectivity index (χ0) is 14.0. The lowest BCUT2D eigenvalue weighted by molar-refractivity contribution is -0.129. The molecule has 7 heteroatoms. The van der Waals surface area contributed by atoms with E-state index in [0.717, 1.165) is 10.2 Å². The van der Waals surface area contributed by atoms with Crippen molar-refractivity contribution in [2.45, 2.75) is 6.54 Å². The van der Waals surface area contributed by atoms with E-state index >= 15 is 0 Å². The molecule has 0 aromatic carbocycles. The minimum Gasteiger partial charge on any atom is -0.383 e. The molecule has 1 amide bonds. The topological polar surface area (TPSA) is 75.4 Å². The smallest absolute Gasteiger partial charge is 0.236 e. The maximum absolute atomic E-state index is 11.6. The van der Waals surface area contributed by atoms with E-state index in [2.05, 4.69) is 9.97 Å². The van der Waals surface area contributed by atoms with Crippen LogP contribution in [0.4, 0.5) is 5.82 Å². The van der Waals surface area contributed by atoms with Crippen LogP contribution in [0.25, 0.3) is 10.2 Å². The highest BCUT2D eigenvalue weighted by Crippen LogP contribution is 2.22. The van der Waals surface area contributed by atoms with Crippen molar-refractivity contribution in [2.24, 2.45) is 0 Å². The van der Waals surface area contributed by atoms with E-state index in [9.17, 15) is 4.79 Å². The molecular weight excluding hydrogens is 262 g/mol. The quantitative estimate of drug-likeness (QED) is 0.895. The number of nitrogens with two attached hydrogens (primary N) is 1. The van der Waals surface area contributed by atoms with Crippen LogP contribution in [0.5, 0.6) is 0 Å². The summed E-state index contributed by atoms with van der Waals surface area (Å²) in [7, 11) is 5.34. The van der Waals surface area contributed by atoms with Gasteiger partial charge in [0.2, 0.25) is 5.91 Å². The Morgan fingerprint density at radius 3 is 2.79 bits per heavy atom. The number of nitrogens with zero attached hydrogens (tertiary/aromatic N) is 4. The maximum Gasteiger partial charge on any atom is 0.236 e. The minimum absolute atomic E-state index is 0.0488. The lowest BCUT2D eigenvalue weighted by Gasteiger charge is -2.18.